The number of hydrogen-bond acceptors (Lipinski definition) is 4. The molecule has 0 fully saturated rings. The van der Waals surface area contributed by atoms with Crippen molar-refractivity contribution in [1.29, 1.82) is 0 Å². The number of hydrogen-bond donors (Lipinski definition) is 1. The van der Waals surface area contributed by atoms with Crippen molar-refractivity contribution in [2.45, 2.75) is 6.92 Å². The Balaban J connectivity index is 2.89. The molecule has 1 rings (SSSR count). The Labute approximate surface area is 69.3 Å². The van der Waals surface area contributed by atoms with Crippen molar-refractivity contribution in [2.24, 2.45) is 0 Å². The lowest BCUT2D eigenvalue weighted by molar-refractivity contribution is 0.607. The van der Waals surface area contributed by atoms with Gasteiger partial charge in [-0.15, -0.1) is 0 Å². The Bertz CT molecular complexity index is 341. The molecule has 1 aromatic heterocycles. The van der Waals surface area contributed by atoms with E-state index in [1.807, 2.05) is 0 Å². The summed E-state index contributed by atoms with van der Waals surface area (Å²) in [6.45, 7) is 1.72. The van der Waals surface area contributed by atoms with E-state index >= 15 is 0 Å². The van der Waals surface area contributed by atoms with Gasteiger partial charge in [0.1, 0.15) is 5.00 Å². The van der Waals surface area contributed by atoms with Gasteiger partial charge in [-0.2, -0.15) is 0 Å². The molecule has 0 aliphatic rings. The molecule has 0 bridgehead atoms. The lowest BCUT2D eigenvalue weighted by Gasteiger charge is -1.98. The molecule has 0 aliphatic heterocycles. The second-order valence-corrected chi connectivity index (χ2v) is 4.64. The fourth-order valence-corrected chi connectivity index (χ4v) is 2.10. The van der Waals surface area contributed by atoms with Gasteiger partial charge < -0.3 is 0 Å². The average Bonchev–Trinajstić information content (AvgIpc) is 2.12. The van der Waals surface area contributed by atoms with Crippen LogP contribution in [-0.4, -0.2) is 19.7 Å². The van der Waals surface area contributed by atoms with Crippen LogP contribution in [0.3, 0.4) is 0 Å². The van der Waals surface area contributed by atoms with Crippen LogP contribution in [0.2, 0.25) is 0 Å². The smallest absolute Gasteiger partial charge is 0.230 e. The molecule has 6 heteroatoms. The molecule has 0 spiro atoms. The number of aromatic nitrogens is 1. The molecule has 0 atom stereocenters. The monoisotopic (exact) mass is 191 g/mol. The number of nitrogens with one attached hydrogen (secondary N) is 1. The molecule has 1 heterocycles. The molecule has 0 amide bonds. The van der Waals surface area contributed by atoms with Crippen LogP contribution in [0, 0.1) is 12.4 Å². The van der Waals surface area contributed by atoms with E-state index < -0.39 is 10.0 Å². The predicted molar refractivity (Wildman–Crippen MR) is 44.2 cm³/mol. The van der Waals surface area contributed by atoms with Crippen molar-refractivity contribution >= 4 is 26.4 Å². The van der Waals surface area contributed by atoms with E-state index in [1.165, 1.54) is 0 Å². The molecule has 11 heavy (non-hydrogen) atoms. The highest BCUT2D eigenvalue weighted by Gasteiger charge is 2.06. The molecule has 0 unspecified atom stereocenters. The summed E-state index contributed by atoms with van der Waals surface area (Å²) in [7, 11) is -3.17. The van der Waals surface area contributed by atoms with E-state index in [9.17, 15) is 8.42 Å². The van der Waals surface area contributed by atoms with Crippen LogP contribution in [0.15, 0.2) is 0 Å². The first-order chi connectivity index (χ1) is 4.99. The first-order valence-corrected chi connectivity index (χ1v) is 5.51. The normalized spacial score (nSPS) is 11.5. The zero-order chi connectivity index (χ0) is 8.48. The Kier molecular flexibility index (Phi) is 2.15. The Hall–Kier alpha value is -0.620. The second kappa shape index (κ2) is 2.78. The molecule has 4 nitrogen and oxygen atoms in total. The van der Waals surface area contributed by atoms with Gasteiger partial charge in [-0.25, -0.2) is 13.4 Å². The van der Waals surface area contributed by atoms with E-state index in [1.54, 1.807) is 6.92 Å². The van der Waals surface area contributed by atoms with Gasteiger partial charge in [-0.3, -0.25) is 4.72 Å². The van der Waals surface area contributed by atoms with Gasteiger partial charge in [-0.05, 0) is 6.92 Å². The predicted octanol–water partition coefficient (Wildman–Crippen LogP) is 0.623. The van der Waals surface area contributed by atoms with E-state index in [-0.39, 0.29) is 0 Å². The summed E-state index contributed by atoms with van der Waals surface area (Å²) in [5.74, 6) is 0. The third kappa shape index (κ3) is 2.47. The number of nitrogens with zero attached hydrogens (tertiary/aromatic N) is 1. The van der Waals surface area contributed by atoms with Gasteiger partial charge in [0.25, 0.3) is 0 Å². The molecule has 0 aliphatic carbocycles. The standard InChI is InChI=1S/C5H7N2O2S2/c1-4-5(10-3-6-4)7-11(2,8)9/h7H,1-2H3. The molecule has 1 aromatic rings. The van der Waals surface area contributed by atoms with Crippen molar-refractivity contribution in [1.82, 2.24) is 4.98 Å². The first-order valence-electron chi connectivity index (χ1n) is 2.80. The van der Waals surface area contributed by atoms with Crippen LogP contribution in [-0.2, 0) is 10.0 Å². The zero-order valence-electron chi connectivity index (χ0n) is 6.08. The summed E-state index contributed by atoms with van der Waals surface area (Å²) in [5.41, 5.74) is 3.24. The number of aryl methyl sites for hydroxylation is 1. The summed E-state index contributed by atoms with van der Waals surface area (Å²) in [4.78, 5) is 3.77. The average molecular weight is 191 g/mol. The third-order valence-electron chi connectivity index (χ3n) is 0.968. The SMILES string of the molecule is Cc1n[c]sc1NS(C)(=O)=O. The molecule has 1 radical (unpaired) electrons. The molecular weight excluding hydrogens is 184 g/mol. The highest BCUT2D eigenvalue weighted by molar-refractivity contribution is 7.92. The number of thiazole rings is 1. The van der Waals surface area contributed by atoms with Crippen LogP contribution >= 0.6 is 11.3 Å². The lowest BCUT2D eigenvalue weighted by Crippen LogP contribution is -2.08. The second-order valence-electron chi connectivity index (χ2n) is 2.09. The van der Waals surface area contributed by atoms with Gasteiger partial charge in [0.05, 0.1) is 11.9 Å². The largest absolute Gasteiger partial charge is 0.273 e. The summed E-state index contributed by atoms with van der Waals surface area (Å²) in [5, 5.41) is 0.535. The fourth-order valence-electron chi connectivity index (χ4n) is 0.525. The maximum absolute atomic E-state index is 10.7. The van der Waals surface area contributed by atoms with Crippen molar-refractivity contribution in [3.63, 3.8) is 0 Å². The summed E-state index contributed by atoms with van der Waals surface area (Å²) < 4.78 is 23.7. The van der Waals surface area contributed by atoms with Gasteiger partial charge >= 0.3 is 0 Å². The van der Waals surface area contributed by atoms with Crippen LogP contribution in [0.5, 0.6) is 0 Å². The Morgan fingerprint density at radius 1 is 1.64 bits per heavy atom. The van der Waals surface area contributed by atoms with E-state index in [2.05, 4.69) is 15.2 Å². The van der Waals surface area contributed by atoms with E-state index in [0.29, 0.717) is 10.7 Å². The summed E-state index contributed by atoms with van der Waals surface area (Å²) in [6, 6.07) is 0. The number of anilines is 1. The van der Waals surface area contributed by atoms with Crippen LogP contribution in [0.25, 0.3) is 0 Å². The molecule has 61 valence electrons. The quantitative estimate of drug-likeness (QED) is 0.745. The maximum atomic E-state index is 10.7. The van der Waals surface area contributed by atoms with Crippen molar-refractivity contribution in [3.8, 4) is 0 Å². The zero-order valence-corrected chi connectivity index (χ0v) is 7.71. The van der Waals surface area contributed by atoms with Crippen molar-refractivity contribution < 1.29 is 8.42 Å². The topological polar surface area (TPSA) is 59.1 Å². The highest BCUT2D eigenvalue weighted by atomic mass is 32.2. The van der Waals surface area contributed by atoms with Gasteiger partial charge in [-0.1, -0.05) is 11.3 Å². The highest BCUT2D eigenvalue weighted by Crippen LogP contribution is 2.18. The minimum absolute atomic E-state index is 0.535. The minimum atomic E-state index is -3.17. The van der Waals surface area contributed by atoms with Crippen LogP contribution < -0.4 is 4.72 Å². The lowest BCUT2D eigenvalue weighted by atomic mass is 10.5. The molecule has 0 saturated heterocycles. The first kappa shape index (κ1) is 8.48. The molecule has 0 saturated carbocycles. The Morgan fingerprint density at radius 2 is 2.27 bits per heavy atom. The van der Waals surface area contributed by atoms with Crippen LogP contribution in [0.1, 0.15) is 5.69 Å². The number of sulfonamides is 1. The van der Waals surface area contributed by atoms with E-state index in [0.717, 1.165) is 17.6 Å². The summed E-state index contributed by atoms with van der Waals surface area (Å²) in [6.07, 6.45) is 1.10. The third-order valence-corrected chi connectivity index (χ3v) is 2.46. The Morgan fingerprint density at radius 3 is 2.64 bits per heavy atom. The summed E-state index contributed by atoms with van der Waals surface area (Å²) >= 11 is 1.15. The minimum Gasteiger partial charge on any atom is -0.273 e. The molecule has 1 N–H and O–H groups in total. The van der Waals surface area contributed by atoms with Crippen LogP contribution in [0.4, 0.5) is 5.00 Å². The molecular formula is C5H7N2O2S2. The van der Waals surface area contributed by atoms with E-state index in [4.69, 9.17) is 0 Å². The fraction of sp³-hybridized carbons (Fsp3) is 0.400. The molecule has 0 aromatic carbocycles. The maximum Gasteiger partial charge on any atom is 0.230 e. The van der Waals surface area contributed by atoms with Gasteiger partial charge in [0.15, 0.2) is 5.51 Å². The van der Waals surface area contributed by atoms with Crippen molar-refractivity contribution in [3.05, 3.63) is 11.2 Å². The van der Waals surface area contributed by atoms with Gasteiger partial charge in [0, 0.05) is 0 Å². The van der Waals surface area contributed by atoms with Crippen molar-refractivity contribution in [2.75, 3.05) is 11.0 Å². The van der Waals surface area contributed by atoms with Gasteiger partial charge in [0.2, 0.25) is 10.0 Å². The number of rotatable bonds is 2.